The van der Waals surface area contributed by atoms with Gasteiger partial charge in [-0.25, -0.2) is 0 Å². The molecule has 0 aliphatic heterocycles. The number of nitrogens with zero attached hydrogens (tertiary/aromatic N) is 3. The predicted molar refractivity (Wildman–Crippen MR) is 199 cm³/mol. The fraction of sp³-hybridized carbons (Fsp3) is 0.342. The first-order chi connectivity index (χ1) is 22.2. The number of aryl methyl sites for hydroxylation is 1. The number of rotatable bonds is 18. The molecule has 0 aliphatic rings. The van der Waals surface area contributed by atoms with Crippen molar-refractivity contribution in [2.24, 2.45) is 0 Å². The minimum atomic E-state index is -0.207. The topological polar surface area (TPSA) is 27.0 Å². The molecule has 3 aromatic rings. The van der Waals surface area contributed by atoms with Crippen molar-refractivity contribution in [3.05, 3.63) is 119 Å². The van der Waals surface area contributed by atoms with Crippen molar-refractivity contribution < 1.29 is 18.7 Å². The molecular formula is C38H50F2N4S2+2. The first-order valence-electron chi connectivity index (χ1n) is 16.1. The average molecular weight is 665 g/mol. The zero-order chi connectivity index (χ0) is 33.3. The number of aromatic nitrogens is 1. The Morgan fingerprint density at radius 1 is 0.804 bits per heavy atom. The zero-order valence-electron chi connectivity index (χ0n) is 28.2. The molecule has 2 N–H and O–H groups in total. The summed E-state index contributed by atoms with van der Waals surface area (Å²) in [7, 11) is 8.07. The second-order valence-electron chi connectivity index (χ2n) is 11.1. The Morgan fingerprint density at radius 2 is 1.35 bits per heavy atom. The molecule has 0 amide bonds. The summed E-state index contributed by atoms with van der Waals surface area (Å²) in [6, 6.07) is 20.6. The third-order valence-electron chi connectivity index (χ3n) is 7.51. The van der Waals surface area contributed by atoms with E-state index in [0.717, 1.165) is 59.0 Å². The highest BCUT2D eigenvalue weighted by Crippen LogP contribution is 2.24. The maximum absolute atomic E-state index is 14.3. The highest BCUT2D eigenvalue weighted by molar-refractivity contribution is 8.76. The number of hydrogen-bond donors (Lipinski definition) is 1. The smallest absolute Gasteiger partial charge is 0.360 e. The second kappa shape index (κ2) is 20.0. The molecule has 0 aliphatic carbocycles. The summed E-state index contributed by atoms with van der Waals surface area (Å²) < 4.78 is 29.9. The highest BCUT2D eigenvalue weighted by atomic mass is 33.1. The number of pyridine rings is 1. The molecule has 246 valence electrons. The first-order valence-corrected chi connectivity index (χ1v) is 18.6. The number of nitrogens with two attached hydrogens (primary N) is 1. The average Bonchev–Trinajstić information content (AvgIpc) is 3.04. The molecule has 46 heavy (non-hydrogen) atoms. The molecule has 0 fully saturated rings. The van der Waals surface area contributed by atoms with Gasteiger partial charge < -0.3 is 9.80 Å². The summed E-state index contributed by atoms with van der Waals surface area (Å²) in [5, 5.41) is 1.59. The normalized spacial score (nSPS) is 12.4. The Balaban J connectivity index is 1.37. The Kier molecular flexibility index (Phi) is 16.2. The van der Waals surface area contributed by atoms with Crippen LogP contribution in [-0.4, -0.2) is 45.2 Å². The lowest BCUT2D eigenvalue weighted by Gasteiger charge is -2.20. The van der Waals surface area contributed by atoms with Crippen molar-refractivity contribution in [3.63, 3.8) is 0 Å². The second-order valence-corrected chi connectivity index (χ2v) is 13.8. The van der Waals surface area contributed by atoms with Crippen molar-refractivity contribution in [2.75, 3.05) is 55.0 Å². The van der Waals surface area contributed by atoms with Crippen LogP contribution in [0.2, 0.25) is 0 Å². The van der Waals surface area contributed by atoms with Crippen LogP contribution in [0.3, 0.4) is 0 Å². The van der Waals surface area contributed by atoms with E-state index in [1.54, 1.807) is 22.0 Å². The Labute approximate surface area is 283 Å². The van der Waals surface area contributed by atoms with E-state index >= 15 is 0 Å². The van der Waals surface area contributed by atoms with E-state index in [2.05, 4.69) is 79.3 Å². The van der Waals surface area contributed by atoms with Crippen LogP contribution < -0.4 is 19.7 Å². The van der Waals surface area contributed by atoms with Crippen molar-refractivity contribution in [2.45, 2.75) is 40.7 Å². The van der Waals surface area contributed by atoms with Gasteiger partial charge in [0.25, 0.3) is 5.95 Å². The van der Waals surface area contributed by atoms with Crippen molar-refractivity contribution >= 4 is 51.2 Å². The summed E-state index contributed by atoms with van der Waals surface area (Å²) in [5.41, 5.74) is 7.22. The van der Waals surface area contributed by atoms with Crippen molar-refractivity contribution in [3.8, 4) is 0 Å². The summed E-state index contributed by atoms with van der Waals surface area (Å²) in [6.07, 6.45) is 12.5. The summed E-state index contributed by atoms with van der Waals surface area (Å²) in [4.78, 5) is 4.56. The monoisotopic (exact) mass is 664 g/mol. The molecule has 0 spiro atoms. The van der Waals surface area contributed by atoms with E-state index in [1.807, 2.05) is 78.8 Å². The van der Waals surface area contributed by atoms with E-state index in [-0.39, 0.29) is 11.9 Å². The van der Waals surface area contributed by atoms with E-state index in [1.165, 1.54) is 11.4 Å². The molecule has 2 aromatic carbocycles. The maximum atomic E-state index is 14.3. The summed E-state index contributed by atoms with van der Waals surface area (Å²) in [6.45, 7) is 11.1. The van der Waals surface area contributed by atoms with Crippen molar-refractivity contribution in [1.82, 2.24) is 0 Å². The first kappa shape index (κ1) is 37.1. The molecule has 1 aromatic heterocycles. The van der Waals surface area contributed by atoms with Gasteiger partial charge in [-0.05, 0) is 66.8 Å². The summed E-state index contributed by atoms with van der Waals surface area (Å²) >= 11 is 0. The van der Waals surface area contributed by atoms with Crippen LogP contribution in [0.1, 0.15) is 49.6 Å². The van der Waals surface area contributed by atoms with E-state index in [4.69, 9.17) is 0 Å². The lowest BCUT2D eigenvalue weighted by Crippen LogP contribution is -2.80. The van der Waals surface area contributed by atoms with Crippen LogP contribution >= 0.6 is 21.6 Å². The molecule has 1 heterocycles. The van der Waals surface area contributed by atoms with Crippen LogP contribution in [0.25, 0.3) is 18.2 Å². The van der Waals surface area contributed by atoms with Crippen LogP contribution in [0.5, 0.6) is 0 Å². The fourth-order valence-electron chi connectivity index (χ4n) is 4.85. The highest BCUT2D eigenvalue weighted by Gasteiger charge is 2.12. The predicted octanol–water partition coefficient (Wildman–Crippen LogP) is 8.31. The Bertz CT molecular complexity index is 1460. The van der Waals surface area contributed by atoms with Crippen molar-refractivity contribution in [1.29, 1.82) is 0 Å². The van der Waals surface area contributed by atoms with Gasteiger partial charge in [-0.15, -0.1) is 8.78 Å². The molecule has 4 nitrogen and oxygen atoms in total. The number of quaternary nitrogens is 1. The molecule has 0 atom stereocenters. The van der Waals surface area contributed by atoms with Crippen LogP contribution in [0.4, 0.5) is 20.2 Å². The Morgan fingerprint density at radius 3 is 1.85 bits per heavy atom. The van der Waals surface area contributed by atoms with Gasteiger partial charge in [0.05, 0.1) is 6.54 Å². The van der Waals surface area contributed by atoms with Gasteiger partial charge >= 0.3 is 5.95 Å². The van der Waals surface area contributed by atoms with E-state index in [0.29, 0.717) is 13.1 Å². The lowest BCUT2D eigenvalue weighted by atomic mass is 10.1. The largest absolute Gasteiger partial charge is 0.374 e. The third-order valence-corrected chi connectivity index (χ3v) is 9.88. The quantitative estimate of drug-likeness (QED) is 0.0370. The van der Waals surface area contributed by atoms with Gasteiger partial charge in [-0.1, -0.05) is 83.2 Å². The van der Waals surface area contributed by atoms with Gasteiger partial charge in [0.2, 0.25) is 0 Å². The SMILES string of the molecule is CC/C=C(/C=C/c1ccc(N(C)CCSSCCN(C)c2ccc(/C=C/c3cc(C)[n+](CC)c(F)c3)cc2)cc1)\C=C(\F)[NH2+]CC. The van der Waals surface area contributed by atoms with Gasteiger partial charge in [-0.2, -0.15) is 4.57 Å². The Hall–Kier alpha value is -3.33. The molecule has 0 bridgehead atoms. The van der Waals surface area contributed by atoms with Gasteiger partial charge in [0.1, 0.15) is 6.54 Å². The maximum Gasteiger partial charge on any atom is 0.360 e. The minimum Gasteiger partial charge on any atom is -0.374 e. The van der Waals surface area contributed by atoms with E-state index in [9.17, 15) is 8.78 Å². The third kappa shape index (κ3) is 12.5. The van der Waals surface area contributed by atoms with E-state index < -0.39 is 0 Å². The minimum absolute atomic E-state index is 0.189. The van der Waals surface area contributed by atoms with Crippen LogP contribution in [0, 0.1) is 12.9 Å². The van der Waals surface area contributed by atoms with Gasteiger partial charge in [-0.3, -0.25) is 5.32 Å². The molecule has 0 saturated carbocycles. The standard InChI is InChI=1S/C38H49F2N4S2/c1-7-10-33(28-37(39)41-8-2)13-11-31-15-19-35(20-16-31)42(5)23-25-45-46-26-24-43(6)36-21-17-32(18-22-36)12-14-34-27-30(4)44(9-3)38(40)29-34/h10-22,27-29,41H,7-9,23-26H2,1-6H3/q+1/p+1/b13-11+,33-10-,37-28-. The molecular weight excluding hydrogens is 615 g/mol. The zero-order valence-corrected chi connectivity index (χ0v) is 29.8. The number of hydrogen-bond acceptors (Lipinski definition) is 4. The van der Waals surface area contributed by atoms with Gasteiger partial charge in [0.15, 0.2) is 5.69 Å². The number of anilines is 2. The number of halogens is 2. The van der Waals surface area contributed by atoms with Crippen LogP contribution in [0.15, 0.2) is 90.4 Å². The fourth-order valence-corrected chi connectivity index (χ4v) is 6.94. The number of allylic oxidation sites excluding steroid dienone is 4. The van der Waals surface area contributed by atoms with Crippen LogP contribution in [-0.2, 0) is 6.54 Å². The molecule has 8 heteroatoms. The lowest BCUT2D eigenvalue weighted by molar-refractivity contribution is -0.726. The molecule has 0 saturated heterocycles. The molecule has 0 unspecified atom stereocenters. The molecule has 3 rings (SSSR count). The van der Waals surface area contributed by atoms with Gasteiger partial charge in [0, 0.05) is 75.2 Å². The number of benzene rings is 2. The summed E-state index contributed by atoms with van der Waals surface area (Å²) in [5.74, 6) is 1.68. The molecule has 0 radical (unpaired) electrons.